The summed E-state index contributed by atoms with van der Waals surface area (Å²) < 4.78 is 0. The zero-order chi connectivity index (χ0) is 12.1. The van der Waals surface area contributed by atoms with Gasteiger partial charge in [-0.25, -0.2) is 0 Å². The largest absolute Gasteiger partial charge is 0.351 e. The second-order valence-corrected chi connectivity index (χ2v) is 5.78. The molecule has 0 aromatic heterocycles. The molecule has 2 N–H and O–H groups in total. The Morgan fingerprint density at radius 2 is 2.16 bits per heavy atom. The van der Waals surface area contributed by atoms with Crippen LogP contribution in [0.4, 0.5) is 0 Å². The highest BCUT2D eigenvalue weighted by atomic mass is 35.5. The van der Waals surface area contributed by atoms with Gasteiger partial charge in [-0.2, -0.15) is 0 Å². The lowest BCUT2D eigenvalue weighted by molar-refractivity contribution is -0.123. The second kappa shape index (κ2) is 4.80. The molecule has 1 heterocycles. The third-order valence-electron chi connectivity index (χ3n) is 4.72. The predicted octanol–water partition coefficient (Wildman–Crippen LogP) is 1.61. The number of amides is 1. The van der Waals surface area contributed by atoms with E-state index in [4.69, 9.17) is 0 Å². The third kappa shape index (κ3) is 2.05. The van der Waals surface area contributed by atoms with Crippen LogP contribution in [-0.2, 0) is 11.2 Å². The first-order chi connectivity index (χ1) is 8.84. The summed E-state index contributed by atoms with van der Waals surface area (Å²) in [7, 11) is 0. The molecule has 4 unspecified atom stereocenters. The Bertz CT molecular complexity index is 499. The quantitative estimate of drug-likeness (QED) is 0.863. The topological polar surface area (TPSA) is 41.1 Å². The Morgan fingerprint density at radius 1 is 1.32 bits per heavy atom. The van der Waals surface area contributed by atoms with Crippen molar-refractivity contribution >= 4 is 18.3 Å². The molecule has 2 aliphatic carbocycles. The first-order valence-corrected chi connectivity index (χ1v) is 6.96. The van der Waals surface area contributed by atoms with E-state index in [1.54, 1.807) is 0 Å². The fourth-order valence-electron chi connectivity index (χ4n) is 3.72. The van der Waals surface area contributed by atoms with Crippen LogP contribution in [0, 0.1) is 5.92 Å². The van der Waals surface area contributed by atoms with Crippen molar-refractivity contribution in [1.29, 1.82) is 0 Å². The van der Waals surface area contributed by atoms with Crippen LogP contribution in [0.2, 0.25) is 0 Å². The number of benzene rings is 1. The molecule has 4 rings (SSSR count). The molecular formula is C15H19ClN2O. The first-order valence-electron chi connectivity index (χ1n) is 6.96. The summed E-state index contributed by atoms with van der Waals surface area (Å²) >= 11 is 0. The molecule has 1 saturated carbocycles. The molecular weight excluding hydrogens is 260 g/mol. The summed E-state index contributed by atoms with van der Waals surface area (Å²) in [6, 6.07) is 9.12. The molecule has 3 nitrogen and oxygen atoms in total. The number of fused-ring (bicyclic) bond motifs is 3. The van der Waals surface area contributed by atoms with Crippen LogP contribution in [0.25, 0.3) is 0 Å². The molecule has 1 amide bonds. The average Bonchev–Trinajstić information content (AvgIpc) is 2.85. The molecule has 2 fully saturated rings. The van der Waals surface area contributed by atoms with Gasteiger partial charge in [0.05, 0.1) is 6.04 Å². The summed E-state index contributed by atoms with van der Waals surface area (Å²) in [5.74, 6) is 1.46. The lowest BCUT2D eigenvalue weighted by atomic mass is 10.0. The number of rotatable bonds is 2. The van der Waals surface area contributed by atoms with Crippen molar-refractivity contribution in [3.05, 3.63) is 35.4 Å². The van der Waals surface area contributed by atoms with Crippen molar-refractivity contribution in [2.75, 3.05) is 6.54 Å². The maximum Gasteiger partial charge on any atom is 0.237 e. The highest BCUT2D eigenvalue weighted by Crippen LogP contribution is 2.56. The van der Waals surface area contributed by atoms with Crippen molar-refractivity contribution in [1.82, 2.24) is 10.6 Å². The monoisotopic (exact) mass is 278 g/mol. The Labute approximate surface area is 119 Å². The second-order valence-electron chi connectivity index (χ2n) is 5.78. The van der Waals surface area contributed by atoms with Crippen LogP contribution >= 0.6 is 12.4 Å². The van der Waals surface area contributed by atoms with Gasteiger partial charge in [0.15, 0.2) is 0 Å². The van der Waals surface area contributed by atoms with E-state index >= 15 is 0 Å². The minimum Gasteiger partial charge on any atom is -0.351 e. The number of hydrogen-bond donors (Lipinski definition) is 2. The average molecular weight is 279 g/mol. The van der Waals surface area contributed by atoms with Gasteiger partial charge in [-0.3, -0.25) is 4.79 Å². The number of carbonyl (C=O) groups is 1. The van der Waals surface area contributed by atoms with Gasteiger partial charge in [0.25, 0.3) is 0 Å². The van der Waals surface area contributed by atoms with Gasteiger partial charge < -0.3 is 10.6 Å². The van der Waals surface area contributed by atoms with Crippen molar-refractivity contribution in [3.8, 4) is 0 Å². The zero-order valence-corrected chi connectivity index (χ0v) is 11.6. The molecule has 1 saturated heterocycles. The SMILES string of the molecule is Cl.O=C(NC1C2Cc3ccccc3C21)C1CCCN1. The third-order valence-corrected chi connectivity index (χ3v) is 4.72. The highest BCUT2D eigenvalue weighted by Gasteiger charge is 2.56. The number of halogens is 1. The molecule has 19 heavy (non-hydrogen) atoms. The number of nitrogens with one attached hydrogen (secondary N) is 2. The summed E-state index contributed by atoms with van der Waals surface area (Å²) in [5, 5.41) is 6.50. The van der Waals surface area contributed by atoms with Crippen LogP contribution in [0.1, 0.15) is 29.9 Å². The van der Waals surface area contributed by atoms with Crippen LogP contribution in [0.3, 0.4) is 0 Å². The highest BCUT2D eigenvalue weighted by molar-refractivity contribution is 5.85. The van der Waals surface area contributed by atoms with E-state index in [0.29, 0.717) is 17.9 Å². The Hall–Kier alpha value is -1.06. The van der Waals surface area contributed by atoms with Gasteiger partial charge in [-0.05, 0) is 42.9 Å². The van der Waals surface area contributed by atoms with E-state index in [-0.39, 0.29) is 24.4 Å². The zero-order valence-electron chi connectivity index (χ0n) is 10.8. The van der Waals surface area contributed by atoms with Gasteiger partial charge in [0, 0.05) is 12.0 Å². The van der Waals surface area contributed by atoms with Crippen molar-refractivity contribution in [2.24, 2.45) is 5.92 Å². The predicted molar refractivity (Wildman–Crippen MR) is 76.6 cm³/mol. The first kappa shape index (κ1) is 12.9. The maximum atomic E-state index is 12.1. The van der Waals surface area contributed by atoms with E-state index < -0.39 is 0 Å². The molecule has 0 radical (unpaired) electrons. The van der Waals surface area contributed by atoms with Crippen LogP contribution in [-0.4, -0.2) is 24.5 Å². The van der Waals surface area contributed by atoms with E-state index in [0.717, 1.165) is 25.8 Å². The summed E-state index contributed by atoms with van der Waals surface area (Å²) in [4.78, 5) is 12.1. The number of carbonyl (C=O) groups excluding carboxylic acids is 1. The lowest BCUT2D eigenvalue weighted by Crippen LogP contribution is -2.42. The van der Waals surface area contributed by atoms with Gasteiger partial charge >= 0.3 is 0 Å². The van der Waals surface area contributed by atoms with Gasteiger partial charge in [0.2, 0.25) is 5.91 Å². The van der Waals surface area contributed by atoms with Gasteiger partial charge in [-0.1, -0.05) is 24.3 Å². The Kier molecular flexibility index (Phi) is 3.27. The van der Waals surface area contributed by atoms with E-state index in [2.05, 4.69) is 34.9 Å². The molecule has 4 atom stereocenters. The van der Waals surface area contributed by atoms with E-state index in [1.165, 1.54) is 11.1 Å². The van der Waals surface area contributed by atoms with Crippen molar-refractivity contribution < 1.29 is 4.79 Å². The Balaban J connectivity index is 0.00000110. The van der Waals surface area contributed by atoms with Crippen LogP contribution < -0.4 is 10.6 Å². The van der Waals surface area contributed by atoms with Crippen molar-refractivity contribution in [2.45, 2.75) is 37.3 Å². The van der Waals surface area contributed by atoms with E-state index in [1.807, 2.05) is 0 Å². The minimum atomic E-state index is 0. The molecule has 0 bridgehead atoms. The Morgan fingerprint density at radius 3 is 2.95 bits per heavy atom. The molecule has 1 aliphatic heterocycles. The smallest absolute Gasteiger partial charge is 0.237 e. The fraction of sp³-hybridized carbons (Fsp3) is 0.533. The summed E-state index contributed by atoms with van der Waals surface area (Å²) in [6.45, 7) is 0.985. The molecule has 0 spiro atoms. The molecule has 102 valence electrons. The molecule has 3 aliphatic rings. The van der Waals surface area contributed by atoms with Crippen LogP contribution in [0.15, 0.2) is 24.3 Å². The van der Waals surface area contributed by atoms with Gasteiger partial charge in [-0.15, -0.1) is 12.4 Å². The van der Waals surface area contributed by atoms with Crippen molar-refractivity contribution in [3.63, 3.8) is 0 Å². The van der Waals surface area contributed by atoms with E-state index in [9.17, 15) is 4.79 Å². The lowest BCUT2D eigenvalue weighted by Gasteiger charge is -2.13. The summed E-state index contributed by atoms with van der Waals surface area (Å²) in [6.07, 6.45) is 3.26. The summed E-state index contributed by atoms with van der Waals surface area (Å²) in [5.41, 5.74) is 2.95. The normalized spacial score (nSPS) is 34.1. The molecule has 4 heteroatoms. The fourth-order valence-corrected chi connectivity index (χ4v) is 3.72. The number of hydrogen-bond acceptors (Lipinski definition) is 2. The standard InChI is InChI=1S/C15H18N2O.ClH/c18-15(12-6-3-7-16-12)17-14-11-8-9-4-1-2-5-10(9)13(11)14;/h1-2,4-5,11-14,16H,3,6-8H2,(H,17,18);1H. The molecule has 1 aromatic rings. The van der Waals surface area contributed by atoms with Crippen LogP contribution in [0.5, 0.6) is 0 Å². The minimum absolute atomic E-state index is 0. The molecule has 1 aromatic carbocycles. The maximum absolute atomic E-state index is 12.1. The van der Waals surface area contributed by atoms with Gasteiger partial charge in [0.1, 0.15) is 0 Å².